The van der Waals surface area contributed by atoms with Gasteiger partial charge in [0, 0.05) is 17.8 Å². The number of ether oxygens (including phenoxy) is 3. The lowest BCUT2D eigenvalue weighted by atomic mass is 10.00. The first-order valence-corrected chi connectivity index (χ1v) is 11.0. The second kappa shape index (κ2) is 9.87. The van der Waals surface area contributed by atoms with Gasteiger partial charge in [0.15, 0.2) is 11.5 Å². The molecule has 0 saturated heterocycles. The topological polar surface area (TPSA) is 77.1 Å². The van der Waals surface area contributed by atoms with Crippen molar-refractivity contribution in [1.29, 1.82) is 0 Å². The Labute approximate surface area is 199 Å². The molecule has 0 aliphatic carbocycles. The molecule has 0 spiro atoms. The molecule has 0 bridgehead atoms. The highest BCUT2D eigenvalue weighted by molar-refractivity contribution is 5.99. The molecule has 7 nitrogen and oxygen atoms in total. The minimum Gasteiger partial charge on any atom is -0.493 e. The van der Waals surface area contributed by atoms with E-state index < -0.39 is 6.04 Å². The van der Waals surface area contributed by atoms with Gasteiger partial charge >= 0.3 is 0 Å². The molecular weight excluding hydrogens is 432 g/mol. The summed E-state index contributed by atoms with van der Waals surface area (Å²) in [5.74, 6) is 1.07. The van der Waals surface area contributed by atoms with E-state index >= 15 is 0 Å². The summed E-state index contributed by atoms with van der Waals surface area (Å²) in [5, 5.41) is 2.99. The number of fused-ring (bicyclic) bond motifs is 1. The quantitative estimate of drug-likeness (QED) is 0.525. The van der Waals surface area contributed by atoms with Crippen LogP contribution in [-0.4, -0.2) is 38.0 Å². The van der Waals surface area contributed by atoms with Crippen molar-refractivity contribution in [3.8, 4) is 17.2 Å². The van der Waals surface area contributed by atoms with Gasteiger partial charge in [-0.15, -0.1) is 0 Å². The number of benzene rings is 3. The Hall–Kier alpha value is -4.00. The SMILES string of the molecule is COc1cc([C@H](CC(=O)Nc2ccccc2C)N2Cc3ccccc3C2=O)cc(OC)c1OC. The van der Waals surface area contributed by atoms with Gasteiger partial charge < -0.3 is 24.4 Å². The second-order valence-electron chi connectivity index (χ2n) is 8.13. The third-order valence-electron chi connectivity index (χ3n) is 6.10. The molecule has 1 aliphatic heterocycles. The number of rotatable bonds is 8. The largest absolute Gasteiger partial charge is 0.493 e. The van der Waals surface area contributed by atoms with E-state index in [1.807, 2.05) is 55.5 Å². The third-order valence-corrected chi connectivity index (χ3v) is 6.10. The Morgan fingerprint density at radius 2 is 1.62 bits per heavy atom. The first-order chi connectivity index (χ1) is 16.5. The van der Waals surface area contributed by atoms with Crippen molar-refractivity contribution in [2.45, 2.75) is 25.9 Å². The minimum absolute atomic E-state index is 0.0622. The van der Waals surface area contributed by atoms with E-state index in [0.29, 0.717) is 29.4 Å². The van der Waals surface area contributed by atoms with Crippen molar-refractivity contribution in [2.75, 3.05) is 26.6 Å². The molecule has 1 atom stereocenters. The van der Waals surface area contributed by atoms with Crippen molar-refractivity contribution in [3.63, 3.8) is 0 Å². The van der Waals surface area contributed by atoms with Crippen LogP contribution in [0.4, 0.5) is 5.69 Å². The number of hydrogen-bond donors (Lipinski definition) is 1. The highest BCUT2D eigenvalue weighted by atomic mass is 16.5. The standard InChI is InChI=1S/C27H28N2O5/c1-17-9-5-8-12-21(17)28-25(30)15-22(29-16-18-10-6-7-11-20(18)27(29)31)19-13-23(32-2)26(34-4)24(14-19)33-3/h5-14,22H,15-16H2,1-4H3,(H,28,30)/t22-/m0/s1. The van der Waals surface area contributed by atoms with Gasteiger partial charge in [0.1, 0.15) is 0 Å². The summed E-state index contributed by atoms with van der Waals surface area (Å²) in [6.45, 7) is 2.35. The maximum atomic E-state index is 13.3. The molecule has 0 saturated carbocycles. The summed E-state index contributed by atoms with van der Waals surface area (Å²) in [6, 6.07) is 18.2. The van der Waals surface area contributed by atoms with Gasteiger partial charge in [0.2, 0.25) is 11.7 Å². The highest BCUT2D eigenvalue weighted by Crippen LogP contribution is 2.43. The fraction of sp³-hybridized carbons (Fsp3) is 0.259. The summed E-state index contributed by atoms with van der Waals surface area (Å²) < 4.78 is 16.5. The average Bonchev–Trinajstić information content (AvgIpc) is 3.19. The molecule has 4 rings (SSSR count). The van der Waals surface area contributed by atoms with Crippen molar-refractivity contribution >= 4 is 17.5 Å². The number of methoxy groups -OCH3 is 3. The molecule has 0 unspecified atom stereocenters. The Bertz CT molecular complexity index is 1200. The molecular formula is C27H28N2O5. The Balaban J connectivity index is 1.73. The van der Waals surface area contributed by atoms with Gasteiger partial charge in [0.25, 0.3) is 5.91 Å². The van der Waals surface area contributed by atoms with Crippen LogP contribution >= 0.6 is 0 Å². The highest BCUT2D eigenvalue weighted by Gasteiger charge is 2.35. The van der Waals surface area contributed by atoms with Crippen LogP contribution in [0.15, 0.2) is 60.7 Å². The first kappa shape index (κ1) is 23.2. The Kier molecular flexibility index (Phi) is 6.72. The van der Waals surface area contributed by atoms with Crippen LogP contribution in [0.3, 0.4) is 0 Å². The summed E-state index contributed by atoms with van der Waals surface area (Å²) in [7, 11) is 4.61. The van der Waals surface area contributed by atoms with Gasteiger partial charge in [-0.05, 0) is 47.9 Å². The normalized spacial score (nSPS) is 13.3. The molecule has 34 heavy (non-hydrogen) atoms. The van der Waals surface area contributed by atoms with E-state index in [1.165, 1.54) is 21.3 Å². The second-order valence-corrected chi connectivity index (χ2v) is 8.13. The maximum Gasteiger partial charge on any atom is 0.255 e. The van der Waals surface area contributed by atoms with Crippen molar-refractivity contribution in [1.82, 2.24) is 4.90 Å². The van der Waals surface area contributed by atoms with E-state index in [-0.39, 0.29) is 18.2 Å². The molecule has 1 heterocycles. The number of para-hydroxylation sites is 1. The Morgan fingerprint density at radius 1 is 0.971 bits per heavy atom. The van der Waals surface area contributed by atoms with Crippen molar-refractivity contribution in [2.24, 2.45) is 0 Å². The fourth-order valence-electron chi connectivity index (χ4n) is 4.32. The number of anilines is 1. The van der Waals surface area contributed by atoms with Crippen molar-refractivity contribution in [3.05, 3.63) is 82.9 Å². The zero-order chi connectivity index (χ0) is 24.2. The molecule has 3 aromatic carbocycles. The third kappa shape index (κ3) is 4.41. The van der Waals surface area contributed by atoms with Crippen LogP contribution in [0.2, 0.25) is 0 Å². The summed E-state index contributed by atoms with van der Waals surface area (Å²) in [5.41, 5.74) is 4.01. The number of hydrogen-bond acceptors (Lipinski definition) is 5. The molecule has 2 amide bonds. The number of nitrogens with one attached hydrogen (secondary N) is 1. The van der Waals surface area contributed by atoms with Gasteiger partial charge in [0.05, 0.1) is 33.8 Å². The first-order valence-electron chi connectivity index (χ1n) is 11.0. The Morgan fingerprint density at radius 3 is 2.24 bits per heavy atom. The van der Waals surface area contributed by atoms with Crippen molar-refractivity contribution < 1.29 is 23.8 Å². The number of aryl methyl sites for hydroxylation is 1. The lowest BCUT2D eigenvalue weighted by Crippen LogP contribution is -2.32. The van der Waals surface area contributed by atoms with Crippen LogP contribution in [0.5, 0.6) is 17.2 Å². The molecule has 0 radical (unpaired) electrons. The molecule has 1 aliphatic rings. The number of nitrogens with zero attached hydrogens (tertiary/aromatic N) is 1. The number of carbonyl (C=O) groups excluding carboxylic acids is 2. The van der Waals surface area contributed by atoms with Crippen LogP contribution in [0.25, 0.3) is 0 Å². The van der Waals surface area contributed by atoms with Crippen LogP contribution < -0.4 is 19.5 Å². The summed E-state index contributed by atoms with van der Waals surface area (Å²) in [4.78, 5) is 28.2. The van der Waals surface area contributed by atoms with Gasteiger partial charge in [-0.25, -0.2) is 0 Å². The minimum atomic E-state index is -0.544. The van der Waals surface area contributed by atoms with E-state index in [2.05, 4.69) is 5.32 Å². The fourth-order valence-corrected chi connectivity index (χ4v) is 4.32. The predicted octanol–water partition coefficient (Wildman–Crippen LogP) is 4.75. The lowest BCUT2D eigenvalue weighted by Gasteiger charge is -2.29. The average molecular weight is 461 g/mol. The summed E-state index contributed by atoms with van der Waals surface area (Å²) in [6.07, 6.45) is 0.0622. The van der Waals surface area contributed by atoms with Gasteiger partial charge in [-0.1, -0.05) is 36.4 Å². The number of carbonyl (C=O) groups is 2. The van der Waals surface area contributed by atoms with Crippen LogP contribution in [-0.2, 0) is 11.3 Å². The molecule has 0 fully saturated rings. The molecule has 1 N–H and O–H groups in total. The van der Waals surface area contributed by atoms with Crippen LogP contribution in [0.1, 0.15) is 39.5 Å². The monoisotopic (exact) mass is 460 g/mol. The van der Waals surface area contributed by atoms with E-state index in [9.17, 15) is 9.59 Å². The molecule has 0 aromatic heterocycles. The lowest BCUT2D eigenvalue weighted by molar-refractivity contribution is -0.117. The molecule has 3 aromatic rings. The number of amides is 2. The smallest absolute Gasteiger partial charge is 0.255 e. The van der Waals surface area contributed by atoms with E-state index in [4.69, 9.17) is 14.2 Å². The van der Waals surface area contributed by atoms with Crippen LogP contribution in [0, 0.1) is 6.92 Å². The predicted molar refractivity (Wildman–Crippen MR) is 130 cm³/mol. The zero-order valence-corrected chi connectivity index (χ0v) is 19.8. The molecule has 7 heteroatoms. The van der Waals surface area contributed by atoms with Gasteiger partial charge in [-0.2, -0.15) is 0 Å². The molecule has 176 valence electrons. The zero-order valence-electron chi connectivity index (χ0n) is 19.8. The summed E-state index contributed by atoms with van der Waals surface area (Å²) >= 11 is 0. The maximum absolute atomic E-state index is 13.3. The van der Waals surface area contributed by atoms with Gasteiger partial charge in [-0.3, -0.25) is 9.59 Å². The van der Waals surface area contributed by atoms with E-state index in [1.54, 1.807) is 17.0 Å². The van der Waals surface area contributed by atoms with E-state index in [0.717, 1.165) is 22.4 Å².